The molecule has 12 heteroatoms. The van der Waals surface area contributed by atoms with Gasteiger partial charge in [-0.3, -0.25) is 0 Å². The molecule has 1 unspecified atom stereocenters. The molecule has 2 heterocycles. The van der Waals surface area contributed by atoms with E-state index in [-0.39, 0.29) is 48.1 Å². The molecule has 1 aliphatic heterocycles. The Bertz CT molecular complexity index is 1400. The van der Waals surface area contributed by atoms with Crippen molar-refractivity contribution < 1.29 is 31.0 Å². The highest BCUT2D eigenvalue weighted by Crippen LogP contribution is 2.25. The van der Waals surface area contributed by atoms with Gasteiger partial charge < -0.3 is 18.8 Å². The average Bonchev–Trinajstić information content (AvgIpc) is 3.58. The minimum Gasteiger partial charge on any atom is -0.497 e. The van der Waals surface area contributed by atoms with Crippen LogP contribution in [0.3, 0.4) is 0 Å². The lowest BCUT2D eigenvalue weighted by Crippen LogP contribution is -2.37. The van der Waals surface area contributed by atoms with Gasteiger partial charge in [0, 0.05) is 26.8 Å². The number of rotatable bonds is 13. The van der Waals surface area contributed by atoms with Gasteiger partial charge in [0.15, 0.2) is 0 Å². The number of benzene rings is 2. The summed E-state index contributed by atoms with van der Waals surface area (Å²) in [4.78, 5) is 4.36. The number of sulfonamides is 1. The second kappa shape index (κ2) is 12.4. The van der Waals surface area contributed by atoms with Crippen molar-refractivity contribution in [2.24, 2.45) is 0 Å². The van der Waals surface area contributed by atoms with Gasteiger partial charge in [-0.05, 0) is 42.7 Å². The van der Waals surface area contributed by atoms with Crippen LogP contribution in [0.25, 0.3) is 0 Å². The standard InChI is InChI=1S/C26H33N3O7S2/c1-34-16-14-29-22(17-27-26(29)37(30,31)20-21-7-4-3-5-8-21)18-28(19-24-9-6-15-36-24)38(32,33)25-12-10-23(35-2)11-13-25/h3-5,7-8,10-13,17,24H,6,9,14-16,18-20H2,1-2H3. The van der Waals surface area contributed by atoms with Crippen LogP contribution in [0.2, 0.25) is 0 Å². The van der Waals surface area contributed by atoms with Gasteiger partial charge in [-0.2, -0.15) is 4.31 Å². The topological polar surface area (TPSA) is 117 Å². The molecule has 3 aromatic rings. The smallest absolute Gasteiger partial charge is 0.243 e. The first-order chi connectivity index (χ1) is 18.2. The summed E-state index contributed by atoms with van der Waals surface area (Å²) in [6.45, 7) is 1.07. The zero-order valence-electron chi connectivity index (χ0n) is 21.5. The van der Waals surface area contributed by atoms with Gasteiger partial charge in [-0.25, -0.2) is 21.8 Å². The second-order valence-electron chi connectivity index (χ2n) is 9.03. The molecule has 1 atom stereocenters. The number of imidazole rings is 1. The minimum absolute atomic E-state index is 0.0776. The lowest BCUT2D eigenvalue weighted by molar-refractivity contribution is 0.0920. The maximum Gasteiger partial charge on any atom is 0.243 e. The summed E-state index contributed by atoms with van der Waals surface area (Å²) < 4.78 is 73.2. The van der Waals surface area contributed by atoms with Crippen LogP contribution in [0, 0.1) is 0 Å². The van der Waals surface area contributed by atoms with E-state index in [1.807, 2.05) is 6.07 Å². The maximum absolute atomic E-state index is 13.8. The van der Waals surface area contributed by atoms with E-state index in [1.54, 1.807) is 36.4 Å². The highest BCUT2D eigenvalue weighted by Gasteiger charge is 2.32. The fourth-order valence-corrected chi connectivity index (χ4v) is 7.35. The second-order valence-corrected chi connectivity index (χ2v) is 12.9. The molecule has 38 heavy (non-hydrogen) atoms. The first kappa shape index (κ1) is 28.2. The number of methoxy groups -OCH3 is 2. The van der Waals surface area contributed by atoms with E-state index in [0.29, 0.717) is 23.6 Å². The Labute approximate surface area is 224 Å². The molecule has 1 aliphatic rings. The van der Waals surface area contributed by atoms with E-state index in [9.17, 15) is 16.8 Å². The van der Waals surface area contributed by atoms with E-state index in [2.05, 4.69) is 4.98 Å². The summed E-state index contributed by atoms with van der Waals surface area (Å²) in [6.07, 6.45) is 2.78. The summed E-state index contributed by atoms with van der Waals surface area (Å²) in [7, 11) is -4.73. The monoisotopic (exact) mass is 563 g/mol. The molecule has 10 nitrogen and oxygen atoms in total. The molecule has 1 fully saturated rings. The van der Waals surface area contributed by atoms with E-state index < -0.39 is 19.9 Å². The van der Waals surface area contributed by atoms with Crippen molar-refractivity contribution in [3.63, 3.8) is 0 Å². The highest BCUT2D eigenvalue weighted by atomic mass is 32.2. The van der Waals surface area contributed by atoms with Crippen molar-refractivity contribution in [1.29, 1.82) is 0 Å². The van der Waals surface area contributed by atoms with E-state index in [0.717, 1.165) is 12.8 Å². The molecule has 0 N–H and O–H groups in total. The van der Waals surface area contributed by atoms with Crippen molar-refractivity contribution in [2.45, 2.75) is 47.8 Å². The maximum atomic E-state index is 13.8. The first-order valence-electron chi connectivity index (χ1n) is 12.3. The number of aromatic nitrogens is 2. The molecule has 4 rings (SSSR count). The molecule has 0 spiro atoms. The number of nitrogens with zero attached hydrogens (tertiary/aromatic N) is 3. The molecular weight excluding hydrogens is 530 g/mol. The quantitative estimate of drug-likeness (QED) is 0.312. The molecule has 1 aromatic heterocycles. The van der Waals surface area contributed by atoms with Crippen molar-refractivity contribution in [1.82, 2.24) is 13.9 Å². The van der Waals surface area contributed by atoms with Crippen LogP contribution in [0.1, 0.15) is 24.1 Å². The zero-order chi connectivity index (χ0) is 27.2. The third-order valence-electron chi connectivity index (χ3n) is 6.37. The molecule has 2 aromatic carbocycles. The average molecular weight is 564 g/mol. The van der Waals surface area contributed by atoms with Crippen molar-refractivity contribution >= 4 is 19.9 Å². The van der Waals surface area contributed by atoms with Crippen LogP contribution < -0.4 is 4.74 Å². The van der Waals surface area contributed by atoms with E-state index in [1.165, 1.54) is 41.4 Å². The number of hydrogen-bond donors (Lipinski definition) is 0. The Morgan fingerprint density at radius 1 is 1.05 bits per heavy atom. The van der Waals surface area contributed by atoms with Crippen LogP contribution in [0.15, 0.2) is 70.8 Å². The van der Waals surface area contributed by atoms with Crippen LogP contribution >= 0.6 is 0 Å². The third kappa shape index (κ3) is 6.62. The Morgan fingerprint density at radius 2 is 1.79 bits per heavy atom. The highest BCUT2D eigenvalue weighted by molar-refractivity contribution is 7.90. The number of hydrogen-bond acceptors (Lipinski definition) is 8. The molecule has 0 amide bonds. The Morgan fingerprint density at radius 3 is 2.42 bits per heavy atom. The first-order valence-corrected chi connectivity index (χ1v) is 15.4. The van der Waals surface area contributed by atoms with Crippen molar-refractivity contribution in [3.8, 4) is 5.75 Å². The summed E-state index contributed by atoms with van der Waals surface area (Å²) in [6, 6.07) is 15.0. The van der Waals surface area contributed by atoms with Crippen LogP contribution in [0.5, 0.6) is 5.75 Å². The van der Waals surface area contributed by atoms with Gasteiger partial charge in [-0.15, -0.1) is 0 Å². The van der Waals surface area contributed by atoms with E-state index >= 15 is 0 Å². The number of ether oxygens (including phenoxy) is 3. The van der Waals surface area contributed by atoms with Crippen LogP contribution in [-0.4, -0.2) is 70.8 Å². The predicted molar refractivity (Wildman–Crippen MR) is 141 cm³/mol. The van der Waals surface area contributed by atoms with Crippen molar-refractivity contribution in [2.75, 3.05) is 34.0 Å². The summed E-state index contributed by atoms with van der Waals surface area (Å²) in [5.74, 6) is 0.321. The van der Waals surface area contributed by atoms with Gasteiger partial charge >= 0.3 is 0 Å². The fraction of sp³-hybridized carbons (Fsp3) is 0.423. The van der Waals surface area contributed by atoms with Gasteiger partial charge in [0.1, 0.15) is 5.75 Å². The van der Waals surface area contributed by atoms with Crippen LogP contribution in [0.4, 0.5) is 0 Å². The SMILES string of the molecule is COCCn1c(CN(CC2CCCO2)S(=O)(=O)c2ccc(OC)cc2)cnc1S(=O)(=O)Cc1ccccc1. The Hall–Kier alpha value is -2.77. The predicted octanol–water partition coefficient (Wildman–Crippen LogP) is 2.88. The molecule has 0 bridgehead atoms. The van der Waals surface area contributed by atoms with Gasteiger partial charge in [0.2, 0.25) is 25.0 Å². The number of sulfone groups is 1. The molecule has 1 saturated heterocycles. The lowest BCUT2D eigenvalue weighted by Gasteiger charge is -2.25. The molecular formula is C26H33N3O7S2. The largest absolute Gasteiger partial charge is 0.497 e. The zero-order valence-corrected chi connectivity index (χ0v) is 23.2. The summed E-state index contributed by atoms with van der Waals surface area (Å²) in [5.41, 5.74) is 1.08. The Kier molecular flexibility index (Phi) is 9.21. The van der Waals surface area contributed by atoms with Gasteiger partial charge in [-0.1, -0.05) is 30.3 Å². The normalized spacial score (nSPS) is 16.2. The third-order valence-corrected chi connectivity index (χ3v) is 9.79. The Balaban J connectivity index is 1.69. The lowest BCUT2D eigenvalue weighted by atomic mass is 10.2. The molecule has 0 radical (unpaired) electrons. The minimum atomic E-state index is -3.95. The molecule has 206 valence electrons. The molecule has 0 saturated carbocycles. The van der Waals surface area contributed by atoms with E-state index in [4.69, 9.17) is 14.2 Å². The van der Waals surface area contributed by atoms with Crippen molar-refractivity contribution in [3.05, 3.63) is 72.1 Å². The summed E-state index contributed by atoms with van der Waals surface area (Å²) >= 11 is 0. The summed E-state index contributed by atoms with van der Waals surface area (Å²) in [5, 5.41) is -0.118. The van der Waals surface area contributed by atoms with Gasteiger partial charge in [0.25, 0.3) is 0 Å². The van der Waals surface area contributed by atoms with Crippen LogP contribution in [-0.2, 0) is 48.2 Å². The molecule has 0 aliphatic carbocycles. The fourth-order valence-electron chi connectivity index (χ4n) is 4.39. The van der Waals surface area contributed by atoms with Gasteiger partial charge in [0.05, 0.1) is 48.9 Å².